The number of piperidine rings is 1. The number of pyridine rings is 1. The fourth-order valence-corrected chi connectivity index (χ4v) is 3.56. The third-order valence-corrected chi connectivity index (χ3v) is 5.09. The summed E-state index contributed by atoms with van der Waals surface area (Å²) in [6, 6.07) is 13.0. The Labute approximate surface area is 165 Å². The first-order chi connectivity index (χ1) is 11.8. The van der Waals surface area contributed by atoms with Crippen LogP contribution >= 0.6 is 24.8 Å². The number of hydrogen-bond donors (Lipinski definition) is 2. The lowest BCUT2D eigenvalue weighted by Crippen LogP contribution is -2.31. The second-order valence-corrected chi connectivity index (χ2v) is 6.65. The van der Waals surface area contributed by atoms with E-state index in [2.05, 4.69) is 15.6 Å². The second-order valence-electron chi connectivity index (χ2n) is 6.65. The van der Waals surface area contributed by atoms with Gasteiger partial charge in [0.05, 0.1) is 0 Å². The van der Waals surface area contributed by atoms with E-state index in [0.29, 0.717) is 11.6 Å². The van der Waals surface area contributed by atoms with Crippen LogP contribution in [0.3, 0.4) is 0 Å². The smallest absolute Gasteiger partial charge is 0.228 e. The zero-order valence-electron chi connectivity index (χ0n) is 14.3. The number of aromatic nitrogens is 1. The predicted octanol–water partition coefficient (Wildman–Crippen LogP) is 4.05. The molecule has 1 aromatic heterocycles. The lowest BCUT2D eigenvalue weighted by atomic mass is 9.92. The number of halogens is 2. The maximum Gasteiger partial charge on any atom is 0.228 e. The summed E-state index contributed by atoms with van der Waals surface area (Å²) in [5, 5.41) is 6.40. The number of benzene rings is 1. The number of ether oxygens (including phenoxy) is 1. The van der Waals surface area contributed by atoms with E-state index in [9.17, 15) is 4.79 Å². The molecule has 2 aromatic rings. The Morgan fingerprint density at radius 1 is 1.12 bits per heavy atom. The van der Waals surface area contributed by atoms with Crippen molar-refractivity contribution in [2.24, 2.45) is 11.3 Å². The highest BCUT2D eigenvalue weighted by Gasteiger charge is 2.57. The van der Waals surface area contributed by atoms with Crippen LogP contribution in [0, 0.1) is 11.3 Å². The molecule has 1 aromatic carbocycles. The maximum absolute atomic E-state index is 12.5. The number of carbonyl (C=O) groups is 1. The topological polar surface area (TPSA) is 63.2 Å². The minimum Gasteiger partial charge on any atom is -0.439 e. The molecule has 1 saturated heterocycles. The highest BCUT2D eigenvalue weighted by atomic mass is 35.5. The van der Waals surface area contributed by atoms with Gasteiger partial charge in [-0.15, -0.1) is 24.8 Å². The molecule has 7 heteroatoms. The van der Waals surface area contributed by atoms with Gasteiger partial charge in [0.15, 0.2) is 0 Å². The summed E-state index contributed by atoms with van der Waals surface area (Å²) in [6.45, 7) is 2.06. The van der Waals surface area contributed by atoms with Gasteiger partial charge < -0.3 is 15.4 Å². The van der Waals surface area contributed by atoms with Gasteiger partial charge in [-0.05, 0) is 68.1 Å². The summed E-state index contributed by atoms with van der Waals surface area (Å²) in [4.78, 5) is 16.6. The van der Waals surface area contributed by atoms with Crippen molar-refractivity contribution >= 4 is 36.4 Å². The molecule has 1 spiro atoms. The molecule has 1 aliphatic carbocycles. The number of anilines is 1. The summed E-state index contributed by atoms with van der Waals surface area (Å²) in [7, 11) is 0. The van der Waals surface area contributed by atoms with E-state index in [4.69, 9.17) is 4.74 Å². The number of nitrogens with zero attached hydrogens (tertiary/aromatic N) is 1. The largest absolute Gasteiger partial charge is 0.439 e. The van der Waals surface area contributed by atoms with Crippen molar-refractivity contribution in [2.75, 3.05) is 18.4 Å². The van der Waals surface area contributed by atoms with Crippen molar-refractivity contribution in [3.8, 4) is 11.6 Å². The molecule has 2 heterocycles. The fourth-order valence-electron chi connectivity index (χ4n) is 3.56. The number of hydrogen-bond acceptors (Lipinski definition) is 4. The van der Waals surface area contributed by atoms with E-state index in [1.165, 1.54) is 0 Å². The van der Waals surface area contributed by atoms with Gasteiger partial charge >= 0.3 is 0 Å². The van der Waals surface area contributed by atoms with Crippen molar-refractivity contribution in [3.63, 3.8) is 0 Å². The predicted molar refractivity (Wildman–Crippen MR) is 107 cm³/mol. The molecule has 26 heavy (non-hydrogen) atoms. The highest BCUT2D eigenvalue weighted by Crippen LogP contribution is 2.58. The second kappa shape index (κ2) is 8.71. The summed E-state index contributed by atoms with van der Waals surface area (Å²) >= 11 is 0. The van der Waals surface area contributed by atoms with E-state index in [1.807, 2.05) is 36.4 Å². The minimum absolute atomic E-state index is 0. The number of rotatable bonds is 4. The van der Waals surface area contributed by atoms with Crippen molar-refractivity contribution in [1.82, 2.24) is 10.3 Å². The maximum atomic E-state index is 12.5. The molecule has 1 amide bonds. The molecule has 2 fully saturated rings. The molecule has 1 atom stereocenters. The quantitative estimate of drug-likeness (QED) is 0.819. The Morgan fingerprint density at radius 2 is 1.85 bits per heavy atom. The lowest BCUT2D eigenvalue weighted by molar-refractivity contribution is -0.118. The van der Waals surface area contributed by atoms with Crippen LogP contribution in [-0.4, -0.2) is 24.0 Å². The van der Waals surface area contributed by atoms with Gasteiger partial charge in [-0.2, -0.15) is 0 Å². The molecule has 0 bridgehead atoms. The van der Waals surface area contributed by atoms with Crippen LogP contribution in [0.2, 0.25) is 0 Å². The van der Waals surface area contributed by atoms with Crippen LogP contribution in [-0.2, 0) is 4.79 Å². The van der Waals surface area contributed by atoms with Gasteiger partial charge in [0.25, 0.3) is 0 Å². The SMILES string of the molecule is Cl.Cl.O=C(Nc1ccc(Oc2ccccn2)cc1)C1CC12CCNCC2. The molecular formula is C19H23Cl2N3O2. The molecule has 140 valence electrons. The van der Waals surface area contributed by atoms with E-state index < -0.39 is 0 Å². The number of nitrogens with one attached hydrogen (secondary N) is 2. The average molecular weight is 396 g/mol. The Morgan fingerprint density at radius 3 is 2.50 bits per heavy atom. The van der Waals surface area contributed by atoms with E-state index in [-0.39, 0.29) is 42.1 Å². The molecular weight excluding hydrogens is 373 g/mol. The van der Waals surface area contributed by atoms with Crippen molar-refractivity contribution in [1.29, 1.82) is 0 Å². The van der Waals surface area contributed by atoms with Crippen LogP contribution < -0.4 is 15.4 Å². The van der Waals surface area contributed by atoms with E-state index in [0.717, 1.165) is 38.0 Å². The van der Waals surface area contributed by atoms with Crippen LogP contribution in [0.15, 0.2) is 48.7 Å². The third-order valence-electron chi connectivity index (χ3n) is 5.09. The summed E-state index contributed by atoms with van der Waals surface area (Å²) < 4.78 is 5.66. The summed E-state index contributed by atoms with van der Waals surface area (Å²) in [6.07, 6.45) is 4.95. The minimum atomic E-state index is 0. The van der Waals surface area contributed by atoms with E-state index >= 15 is 0 Å². The van der Waals surface area contributed by atoms with Crippen molar-refractivity contribution in [2.45, 2.75) is 19.3 Å². The van der Waals surface area contributed by atoms with Crippen LogP contribution in [0.4, 0.5) is 5.69 Å². The Hall–Kier alpha value is -1.82. The van der Waals surface area contributed by atoms with Gasteiger partial charge in [-0.3, -0.25) is 4.79 Å². The first kappa shape index (κ1) is 20.5. The zero-order chi connectivity index (χ0) is 16.4. The standard InChI is InChI=1S/C19H21N3O2.2ClH/c23-18(16-13-19(16)8-11-20-12-9-19)22-14-4-6-15(7-5-14)24-17-3-1-2-10-21-17;;/h1-7,10,16,20H,8-9,11-13H2,(H,22,23);2*1H. The van der Waals surface area contributed by atoms with E-state index in [1.54, 1.807) is 12.3 Å². The van der Waals surface area contributed by atoms with Gasteiger partial charge in [-0.1, -0.05) is 6.07 Å². The molecule has 1 saturated carbocycles. The molecule has 2 N–H and O–H groups in total. The van der Waals surface area contributed by atoms with Crippen molar-refractivity contribution in [3.05, 3.63) is 48.7 Å². The highest BCUT2D eigenvalue weighted by molar-refractivity contribution is 5.95. The van der Waals surface area contributed by atoms with Gasteiger partial charge in [-0.25, -0.2) is 4.98 Å². The first-order valence-corrected chi connectivity index (χ1v) is 8.46. The summed E-state index contributed by atoms with van der Waals surface area (Å²) in [5.41, 5.74) is 1.07. The fraction of sp³-hybridized carbons (Fsp3) is 0.368. The van der Waals surface area contributed by atoms with Crippen LogP contribution in [0.1, 0.15) is 19.3 Å². The van der Waals surface area contributed by atoms with Crippen LogP contribution in [0.25, 0.3) is 0 Å². The Bertz CT molecular complexity index is 719. The Balaban J connectivity index is 0.00000121. The van der Waals surface area contributed by atoms with Gasteiger partial charge in [0, 0.05) is 23.9 Å². The van der Waals surface area contributed by atoms with Crippen molar-refractivity contribution < 1.29 is 9.53 Å². The van der Waals surface area contributed by atoms with Gasteiger partial charge in [0.1, 0.15) is 5.75 Å². The van der Waals surface area contributed by atoms with Gasteiger partial charge in [0.2, 0.25) is 11.8 Å². The number of amides is 1. The molecule has 1 unspecified atom stereocenters. The number of carbonyl (C=O) groups excluding carboxylic acids is 1. The monoisotopic (exact) mass is 395 g/mol. The normalized spacial score (nSPS) is 19.6. The molecule has 1 aliphatic heterocycles. The summed E-state index contributed by atoms with van der Waals surface area (Å²) in [5.74, 6) is 1.58. The lowest BCUT2D eigenvalue weighted by Gasteiger charge is -2.23. The average Bonchev–Trinajstić information content (AvgIpc) is 3.31. The zero-order valence-corrected chi connectivity index (χ0v) is 15.9. The third kappa shape index (κ3) is 4.47. The van der Waals surface area contributed by atoms with Crippen LogP contribution in [0.5, 0.6) is 11.6 Å². The Kier molecular flexibility index (Phi) is 6.87. The molecule has 4 rings (SSSR count). The molecule has 5 nitrogen and oxygen atoms in total. The first-order valence-electron chi connectivity index (χ1n) is 8.46. The molecule has 2 aliphatic rings. The molecule has 0 radical (unpaired) electrons.